The lowest BCUT2D eigenvalue weighted by atomic mass is 10.1. The molecule has 2 heterocycles. The van der Waals surface area contributed by atoms with Gasteiger partial charge in [-0.1, -0.05) is 35.9 Å². The number of fused-ring (bicyclic) bond motifs is 1. The van der Waals surface area contributed by atoms with Gasteiger partial charge in [-0.25, -0.2) is 9.50 Å². The van der Waals surface area contributed by atoms with Crippen LogP contribution in [-0.4, -0.2) is 24.8 Å². The molecule has 0 bridgehead atoms. The largest absolute Gasteiger partial charge is 0.508 e. The predicted molar refractivity (Wildman–Crippen MR) is 95.6 cm³/mol. The molecule has 5 nitrogen and oxygen atoms in total. The van der Waals surface area contributed by atoms with Gasteiger partial charge in [-0.2, -0.15) is 5.10 Å². The second-order valence-corrected chi connectivity index (χ2v) is 6.11. The molecule has 0 spiro atoms. The highest BCUT2D eigenvalue weighted by molar-refractivity contribution is 6.30. The molecule has 124 valence electrons. The van der Waals surface area contributed by atoms with E-state index in [0.717, 1.165) is 11.3 Å². The van der Waals surface area contributed by atoms with E-state index in [9.17, 15) is 10.2 Å². The quantitative estimate of drug-likeness (QED) is 0.588. The second kappa shape index (κ2) is 6.20. The molecule has 0 amide bonds. The van der Waals surface area contributed by atoms with E-state index in [2.05, 4.69) is 10.1 Å². The first-order valence-electron chi connectivity index (χ1n) is 7.69. The van der Waals surface area contributed by atoms with Gasteiger partial charge in [0.15, 0.2) is 5.65 Å². The van der Waals surface area contributed by atoms with Crippen molar-refractivity contribution >= 4 is 17.2 Å². The van der Waals surface area contributed by atoms with Crippen molar-refractivity contribution in [1.82, 2.24) is 14.6 Å². The molecule has 0 saturated carbocycles. The highest BCUT2D eigenvalue weighted by Gasteiger charge is 2.17. The maximum absolute atomic E-state index is 10.7. The van der Waals surface area contributed by atoms with Crippen LogP contribution in [0.25, 0.3) is 16.9 Å². The molecule has 0 aliphatic carbocycles. The second-order valence-electron chi connectivity index (χ2n) is 5.68. The Labute approximate surface area is 148 Å². The van der Waals surface area contributed by atoms with Gasteiger partial charge in [0.25, 0.3) is 0 Å². The SMILES string of the molecule is Oc1ccc(C(O)c2cnc3ccc(-c4cccc(Cl)c4)nn23)cc1. The van der Waals surface area contributed by atoms with Gasteiger partial charge in [0.2, 0.25) is 0 Å². The first-order chi connectivity index (χ1) is 12.1. The van der Waals surface area contributed by atoms with E-state index in [0.29, 0.717) is 21.9 Å². The normalized spacial score (nSPS) is 12.4. The Balaban J connectivity index is 1.80. The molecule has 2 aromatic heterocycles. The average Bonchev–Trinajstić information content (AvgIpc) is 3.05. The molecular weight excluding hydrogens is 338 g/mol. The number of hydrogen-bond donors (Lipinski definition) is 2. The van der Waals surface area contributed by atoms with E-state index in [4.69, 9.17) is 11.6 Å². The molecule has 4 rings (SSSR count). The van der Waals surface area contributed by atoms with Gasteiger partial charge in [-0.15, -0.1) is 0 Å². The summed E-state index contributed by atoms with van der Waals surface area (Å²) in [5.41, 5.74) is 3.44. The summed E-state index contributed by atoms with van der Waals surface area (Å²) in [5.74, 6) is 0.149. The predicted octanol–water partition coefficient (Wildman–Crippen LogP) is 3.84. The molecule has 2 aromatic carbocycles. The first kappa shape index (κ1) is 15.6. The van der Waals surface area contributed by atoms with Gasteiger partial charge in [0, 0.05) is 10.6 Å². The zero-order valence-electron chi connectivity index (χ0n) is 13.0. The third-order valence-electron chi connectivity index (χ3n) is 4.00. The highest BCUT2D eigenvalue weighted by Crippen LogP contribution is 2.26. The van der Waals surface area contributed by atoms with Gasteiger partial charge < -0.3 is 10.2 Å². The number of aromatic nitrogens is 3. The fourth-order valence-corrected chi connectivity index (χ4v) is 2.90. The minimum Gasteiger partial charge on any atom is -0.508 e. The lowest BCUT2D eigenvalue weighted by molar-refractivity contribution is 0.213. The van der Waals surface area contributed by atoms with Crippen molar-refractivity contribution in [2.45, 2.75) is 6.10 Å². The maximum Gasteiger partial charge on any atom is 0.153 e. The third-order valence-corrected chi connectivity index (χ3v) is 4.23. The van der Waals surface area contributed by atoms with E-state index in [-0.39, 0.29) is 5.75 Å². The summed E-state index contributed by atoms with van der Waals surface area (Å²) in [7, 11) is 0. The van der Waals surface area contributed by atoms with Crippen LogP contribution in [0, 0.1) is 0 Å². The Bertz CT molecular complexity index is 1040. The molecule has 25 heavy (non-hydrogen) atoms. The van der Waals surface area contributed by atoms with Crippen LogP contribution in [-0.2, 0) is 0 Å². The van der Waals surface area contributed by atoms with Crippen molar-refractivity contribution in [3.05, 3.63) is 83.1 Å². The molecule has 0 radical (unpaired) electrons. The van der Waals surface area contributed by atoms with Crippen molar-refractivity contribution in [1.29, 1.82) is 0 Å². The van der Waals surface area contributed by atoms with Crippen LogP contribution in [0.15, 0.2) is 66.9 Å². The molecule has 1 atom stereocenters. The number of phenolic OH excluding ortho intramolecular Hbond substituents is 1. The number of benzene rings is 2. The third kappa shape index (κ3) is 2.95. The first-order valence-corrected chi connectivity index (χ1v) is 8.07. The average molecular weight is 352 g/mol. The minimum atomic E-state index is -0.905. The van der Waals surface area contributed by atoms with E-state index < -0.39 is 6.10 Å². The number of aliphatic hydroxyl groups is 1. The van der Waals surface area contributed by atoms with Crippen LogP contribution in [0.5, 0.6) is 5.75 Å². The van der Waals surface area contributed by atoms with Crippen molar-refractivity contribution in [2.24, 2.45) is 0 Å². The van der Waals surface area contributed by atoms with Crippen molar-refractivity contribution in [2.75, 3.05) is 0 Å². The fourth-order valence-electron chi connectivity index (χ4n) is 2.71. The number of halogens is 1. The van der Waals surface area contributed by atoms with E-state index in [1.165, 1.54) is 12.1 Å². The number of phenols is 1. The standard InChI is InChI=1S/C19H14ClN3O2/c20-14-3-1-2-13(10-14)16-8-9-18-21-11-17(23(18)22-16)19(25)12-4-6-15(24)7-5-12/h1-11,19,24-25H. The summed E-state index contributed by atoms with van der Waals surface area (Å²) in [4.78, 5) is 4.30. The molecule has 0 aliphatic heterocycles. The molecular formula is C19H14ClN3O2. The summed E-state index contributed by atoms with van der Waals surface area (Å²) in [5, 5.41) is 25.3. The minimum absolute atomic E-state index is 0.149. The van der Waals surface area contributed by atoms with Gasteiger partial charge in [-0.3, -0.25) is 0 Å². The van der Waals surface area contributed by atoms with Crippen LogP contribution < -0.4 is 0 Å². The van der Waals surface area contributed by atoms with Crippen LogP contribution in [0.4, 0.5) is 0 Å². The Morgan fingerprint density at radius 3 is 2.56 bits per heavy atom. The van der Waals surface area contributed by atoms with Gasteiger partial charge >= 0.3 is 0 Å². The van der Waals surface area contributed by atoms with Gasteiger partial charge in [0.05, 0.1) is 17.6 Å². The summed E-state index contributed by atoms with van der Waals surface area (Å²) >= 11 is 6.06. The molecule has 2 N–H and O–H groups in total. The fraction of sp³-hybridized carbons (Fsp3) is 0.0526. The monoisotopic (exact) mass is 351 g/mol. The Kier molecular flexibility index (Phi) is 3.87. The Morgan fingerprint density at radius 1 is 1.00 bits per heavy atom. The summed E-state index contributed by atoms with van der Waals surface area (Å²) in [6, 6.07) is 17.5. The highest BCUT2D eigenvalue weighted by atomic mass is 35.5. The molecule has 0 aliphatic rings. The Hall–Kier alpha value is -2.89. The molecule has 0 fully saturated rings. The zero-order valence-corrected chi connectivity index (χ0v) is 13.8. The maximum atomic E-state index is 10.7. The summed E-state index contributed by atoms with van der Waals surface area (Å²) < 4.78 is 1.62. The van der Waals surface area contributed by atoms with Gasteiger partial charge in [0.1, 0.15) is 11.9 Å². The lowest BCUT2D eigenvalue weighted by Gasteiger charge is -2.11. The Morgan fingerprint density at radius 2 is 1.80 bits per heavy atom. The number of aliphatic hydroxyl groups excluding tert-OH is 1. The zero-order chi connectivity index (χ0) is 17.4. The van der Waals surface area contributed by atoms with Crippen molar-refractivity contribution in [3.8, 4) is 17.0 Å². The van der Waals surface area contributed by atoms with E-state index in [1.54, 1.807) is 28.9 Å². The molecule has 1 unspecified atom stereocenters. The van der Waals surface area contributed by atoms with E-state index in [1.807, 2.05) is 30.3 Å². The van der Waals surface area contributed by atoms with Crippen molar-refractivity contribution in [3.63, 3.8) is 0 Å². The molecule has 4 aromatic rings. The van der Waals surface area contributed by atoms with Crippen LogP contribution >= 0.6 is 11.6 Å². The topological polar surface area (TPSA) is 70.7 Å². The smallest absolute Gasteiger partial charge is 0.153 e. The molecule has 6 heteroatoms. The van der Waals surface area contributed by atoms with Crippen LogP contribution in [0.3, 0.4) is 0 Å². The summed E-state index contributed by atoms with van der Waals surface area (Å²) in [6.45, 7) is 0. The lowest BCUT2D eigenvalue weighted by Crippen LogP contribution is -2.06. The summed E-state index contributed by atoms with van der Waals surface area (Å²) in [6.07, 6.45) is 0.694. The number of aromatic hydroxyl groups is 1. The number of rotatable bonds is 3. The van der Waals surface area contributed by atoms with Crippen molar-refractivity contribution < 1.29 is 10.2 Å². The van der Waals surface area contributed by atoms with Gasteiger partial charge in [-0.05, 0) is 42.0 Å². The number of nitrogens with zero attached hydrogens (tertiary/aromatic N) is 3. The molecule has 0 saturated heterocycles. The van der Waals surface area contributed by atoms with E-state index >= 15 is 0 Å². The van der Waals surface area contributed by atoms with Crippen LogP contribution in [0.2, 0.25) is 5.02 Å². The number of imidazole rings is 1. The number of hydrogen-bond acceptors (Lipinski definition) is 4. The van der Waals surface area contributed by atoms with Crippen LogP contribution in [0.1, 0.15) is 17.4 Å².